The van der Waals surface area contributed by atoms with Crippen LogP contribution < -0.4 is 0 Å². The summed E-state index contributed by atoms with van der Waals surface area (Å²) in [7, 11) is 0. The van der Waals surface area contributed by atoms with Gasteiger partial charge in [-0.25, -0.2) is 13.2 Å². The summed E-state index contributed by atoms with van der Waals surface area (Å²) in [6.45, 7) is 1.95. The van der Waals surface area contributed by atoms with Crippen LogP contribution in [0.4, 0.5) is 13.2 Å². The minimum atomic E-state index is -0.866. The number of hydrogen-bond donors (Lipinski definition) is 0. The Morgan fingerprint density at radius 2 is 1.53 bits per heavy atom. The van der Waals surface area contributed by atoms with Gasteiger partial charge in [-0.15, -0.1) is 0 Å². The van der Waals surface area contributed by atoms with E-state index in [2.05, 4.69) is 0 Å². The van der Waals surface area contributed by atoms with Gasteiger partial charge in [-0.1, -0.05) is 0 Å². The highest BCUT2D eigenvalue weighted by atomic mass is 19.1. The lowest BCUT2D eigenvalue weighted by Gasteiger charge is -2.15. The average Bonchev–Trinajstić information content (AvgIpc) is 2.63. The van der Waals surface area contributed by atoms with Crippen LogP contribution in [0, 0.1) is 17.5 Å². The summed E-state index contributed by atoms with van der Waals surface area (Å²) < 4.78 is 39.1. The zero-order valence-corrected chi connectivity index (χ0v) is 8.27. The normalized spacial score (nSPS) is 17.3. The molecule has 0 unspecified atom stereocenters. The van der Waals surface area contributed by atoms with Gasteiger partial charge >= 0.3 is 0 Å². The molecule has 1 fully saturated rings. The molecule has 0 spiro atoms. The van der Waals surface area contributed by atoms with Crippen molar-refractivity contribution in [2.75, 3.05) is 13.1 Å². The van der Waals surface area contributed by atoms with E-state index in [4.69, 9.17) is 0 Å². The van der Waals surface area contributed by atoms with Crippen molar-refractivity contribution < 1.29 is 13.2 Å². The zero-order chi connectivity index (χ0) is 10.8. The summed E-state index contributed by atoms with van der Waals surface area (Å²) >= 11 is 0. The summed E-state index contributed by atoms with van der Waals surface area (Å²) in [4.78, 5) is 1.97. The van der Waals surface area contributed by atoms with E-state index in [1.54, 1.807) is 0 Å². The summed E-state index contributed by atoms with van der Waals surface area (Å²) in [6.07, 6.45) is 2.12. The van der Waals surface area contributed by atoms with Gasteiger partial charge in [0.25, 0.3) is 0 Å². The highest BCUT2D eigenvalue weighted by Gasteiger charge is 2.17. The number of benzene rings is 1. The molecule has 1 aliphatic heterocycles. The molecule has 0 aliphatic carbocycles. The number of rotatable bonds is 2. The van der Waals surface area contributed by atoms with Crippen LogP contribution in [0.25, 0.3) is 0 Å². The molecule has 0 N–H and O–H groups in total. The predicted molar refractivity (Wildman–Crippen MR) is 50.8 cm³/mol. The van der Waals surface area contributed by atoms with Gasteiger partial charge in [-0.2, -0.15) is 0 Å². The van der Waals surface area contributed by atoms with E-state index in [9.17, 15) is 13.2 Å². The van der Waals surface area contributed by atoms with E-state index in [-0.39, 0.29) is 12.1 Å². The molecule has 1 aromatic carbocycles. The third-order valence-corrected chi connectivity index (χ3v) is 2.69. The fraction of sp³-hybridized carbons (Fsp3) is 0.455. The van der Waals surface area contributed by atoms with Gasteiger partial charge in [-0.05, 0) is 25.9 Å². The molecule has 4 heteroatoms. The zero-order valence-electron chi connectivity index (χ0n) is 8.27. The van der Waals surface area contributed by atoms with Crippen molar-refractivity contribution in [1.82, 2.24) is 4.90 Å². The fourth-order valence-corrected chi connectivity index (χ4v) is 1.89. The van der Waals surface area contributed by atoms with Crippen LogP contribution in [0.2, 0.25) is 0 Å². The maximum absolute atomic E-state index is 13.3. The predicted octanol–water partition coefficient (Wildman–Crippen LogP) is 2.70. The van der Waals surface area contributed by atoms with Gasteiger partial charge in [0.05, 0.1) is 0 Å². The molecule has 15 heavy (non-hydrogen) atoms. The number of likely N-dealkylation sites (tertiary alicyclic amines) is 1. The smallest absolute Gasteiger partial charge is 0.133 e. The molecule has 0 bridgehead atoms. The van der Waals surface area contributed by atoms with Gasteiger partial charge in [0.15, 0.2) is 0 Å². The largest absolute Gasteiger partial charge is 0.299 e. The van der Waals surface area contributed by atoms with E-state index in [0.29, 0.717) is 0 Å². The second-order valence-corrected chi connectivity index (χ2v) is 3.83. The maximum Gasteiger partial charge on any atom is 0.133 e. The highest BCUT2D eigenvalue weighted by molar-refractivity contribution is 5.20. The Hall–Kier alpha value is -1.03. The topological polar surface area (TPSA) is 3.24 Å². The Balaban J connectivity index is 2.19. The summed E-state index contributed by atoms with van der Waals surface area (Å²) in [6, 6.07) is 1.46. The van der Waals surface area contributed by atoms with Gasteiger partial charge in [0, 0.05) is 24.2 Å². The third-order valence-electron chi connectivity index (χ3n) is 2.69. The van der Waals surface area contributed by atoms with Crippen LogP contribution in [0.1, 0.15) is 18.4 Å². The maximum atomic E-state index is 13.3. The van der Waals surface area contributed by atoms with Crippen molar-refractivity contribution >= 4 is 0 Å². The molecule has 1 saturated heterocycles. The molecule has 0 radical (unpaired) electrons. The first-order valence-electron chi connectivity index (χ1n) is 5.02. The summed E-state index contributed by atoms with van der Waals surface area (Å²) in [5.41, 5.74) is -0.0294. The molecule has 1 heterocycles. The monoisotopic (exact) mass is 215 g/mol. The molecule has 2 rings (SSSR count). The molecule has 82 valence electrons. The minimum absolute atomic E-state index is 0.0294. The van der Waals surface area contributed by atoms with Crippen LogP contribution in [0.3, 0.4) is 0 Å². The van der Waals surface area contributed by atoms with Crippen molar-refractivity contribution in [1.29, 1.82) is 0 Å². The quantitative estimate of drug-likeness (QED) is 0.733. The Bertz CT molecular complexity index is 336. The number of hydrogen-bond acceptors (Lipinski definition) is 1. The molecular formula is C11H12F3N. The van der Waals surface area contributed by atoms with Crippen LogP contribution in [-0.2, 0) is 6.54 Å². The third kappa shape index (κ3) is 2.31. The molecule has 0 saturated carbocycles. The van der Waals surface area contributed by atoms with Crippen LogP contribution in [-0.4, -0.2) is 18.0 Å². The van der Waals surface area contributed by atoms with Crippen molar-refractivity contribution in [3.8, 4) is 0 Å². The molecule has 0 aromatic heterocycles. The Morgan fingerprint density at radius 3 is 2.07 bits per heavy atom. The lowest BCUT2D eigenvalue weighted by molar-refractivity contribution is 0.317. The van der Waals surface area contributed by atoms with Crippen LogP contribution in [0.5, 0.6) is 0 Å². The lowest BCUT2D eigenvalue weighted by atomic mass is 10.2. The molecule has 1 nitrogen and oxygen atoms in total. The number of nitrogens with zero attached hydrogens (tertiary/aromatic N) is 1. The van der Waals surface area contributed by atoms with Gasteiger partial charge in [-0.3, -0.25) is 4.90 Å². The standard InChI is InChI=1S/C11H12F3N/c12-8-5-10(13)9(11(14)6-8)7-15-3-1-2-4-15/h5-6H,1-4,7H2. The van der Waals surface area contributed by atoms with Crippen LogP contribution >= 0.6 is 0 Å². The molecule has 1 aromatic rings. The highest BCUT2D eigenvalue weighted by Crippen LogP contribution is 2.19. The molecule has 1 aliphatic rings. The van der Waals surface area contributed by atoms with E-state index >= 15 is 0 Å². The van der Waals surface area contributed by atoms with Gasteiger partial charge in [0.2, 0.25) is 0 Å². The average molecular weight is 215 g/mol. The van der Waals surface area contributed by atoms with E-state index < -0.39 is 17.5 Å². The van der Waals surface area contributed by atoms with Crippen molar-refractivity contribution in [3.05, 3.63) is 35.1 Å². The van der Waals surface area contributed by atoms with Gasteiger partial charge in [0.1, 0.15) is 17.5 Å². The molecular weight excluding hydrogens is 203 g/mol. The summed E-state index contributed by atoms with van der Waals surface area (Å²) in [5.74, 6) is -2.45. The van der Waals surface area contributed by atoms with Crippen LogP contribution in [0.15, 0.2) is 12.1 Å². The van der Waals surface area contributed by atoms with E-state index in [1.807, 2.05) is 4.90 Å². The van der Waals surface area contributed by atoms with Crippen molar-refractivity contribution in [3.63, 3.8) is 0 Å². The number of halogens is 3. The Morgan fingerprint density at radius 1 is 1.00 bits per heavy atom. The second-order valence-electron chi connectivity index (χ2n) is 3.83. The Labute approximate surface area is 86.5 Å². The Kier molecular flexibility index (Phi) is 2.95. The SMILES string of the molecule is Fc1cc(F)c(CN2CCCC2)c(F)c1. The first kappa shape index (κ1) is 10.5. The fourth-order valence-electron chi connectivity index (χ4n) is 1.89. The first-order chi connectivity index (χ1) is 7.16. The molecule has 0 atom stereocenters. The van der Waals surface area contributed by atoms with E-state index in [1.165, 1.54) is 0 Å². The second kappa shape index (κ2) is 4.23. The van der Waals surface area contributed by atoms with Crippen molar-refractivity contribution in [2.45, 2.75) is 19.4 Å². The van der Waals surface area contributed by atoms with Gasteiger partial charge < -0.3 is 0 Å². The first-order valence-corrected chi connectivity index (χ1v) is 5.02. The van der Waals surface area contributed by atoms with E-state index in [0.717, 1.165) is 38.1 Å². The molecule has 0 amide bonds. The lowest BCUT2D eigenvalue weighted by Crippen LogP contribution is -2.20. The summed E-state index contributed by atoms with van der Waals surface area (Å²) in [5, 5.41) is 0. The van der Waals surface area contributed by atoms with Crippen molar-refractivity contribution in [2.24, 2.45) is 0 Å². The minimum Gasteiger partial charge on any atom is -0.299 e.